The van der Waals surface area contributed by atoms with Crippen molar-refractivity contribution in [3.05, 3.63) is 60.3 Å². The molecule has 1 saturated carbocycles. The number of halogens is 1. The molecule has 10 nitrogen and oxygen atoms in total. The number of amides is 2. The van der Waals surface area contributed by atoms with Gasteiger partial charge in [0.2, 0.25) is 11.8 Å². The Labute approximate surface area is 181 Å². The fraction of sp³-hybridized carbons (Fsp3) is 0.190. The van der Waals surface area contributed by atoms with E-state index in [4.69, 9.17) is 4.74 Å². The summed E-state index contributed by atoms with van der Waals surface area (Å²) in [4.78, 5) is 28.5. The lowest BCUT2D eigenvalue weighted by Crippen LogP contribution is -2.14. The number of hydrogen-bond acceptors (Lipinski definition) is 6. The number of ether oxygens (including phenoxy) is 1. The van der Waals surface area contributed by atoms with Gasteiger partial charge in [0, 0.05) is 31.3 Å². The largest absolute Gasteiger partial charge is 0.438 e. The van der Waals surface area contributed by atoms with Crippen LogP contribution in [0.2, 0.25) is 0 Å². The number of aryl methyl sites for hydroxylation is 1. The molecule has 1 aromatic carbocycles. The third-order valence-corrected chi connectivity index (χ3v) is 4.85. The van der Waals surface area contributed by atoms with Crippen molar-refractivity contribution in [1.29, 1.82) is 0 Å². The quantitative estimate of drug-likeness (QED) is 0.481. The zero-order valence-corrected chi connectivity index (χ0v) is 16.9. The summed E-state index contributed by atoms with van der Waals surface area (Å²) in [6.07, 6.45) is 5.01. The topological polar surface area (TPSA) is 115 Å². The van der Waals surface area contributed by atoms with E-state index < -0.39 is 11.7 Å². The van der Waals surface area contributed by atoms with Crippen LogP contribution in [-0.2, 0) is 11.8 Å². The van der Waals surface area contributed by atoms with Gasteiger partial charge in [-0.25, -0.2) is 13.9 Å². The van der Waals surface area contributed by atoms with E-state index >= 15 is 0 Å². The average Bonchev–Trinajstić information content (AvgIpc) is 3.41. The van der Waals surface area contributed by atoms with E-state index in [0.717, 1.165) is 12.8 Å². The van der Waals surface area contributed by atoms with E-state index in [0.29, 0.717) is 11.5 Å². The average molecular weight is 435 g/mol. The van der Waals surface area contributed by atoms with Gasteiger partial charge in [-0.3, -0.25) is 14.3 Å². The van der Waals surface area contributed by atoms with Gasteiger partial charge in [0.15, 0.2) is 17.2 Å². The zero-order chi connectivity index (χ0) is 22.2. The van der Waals surface area contributed by atoms with Crippen molar-refractivity contribution in [2.24, 2.45) is 13.0 Å². The number of aromatic nitrogens is 5. The SMILES string of the molecule is Cn1ccc(C(=O)Nc2cc(Oc3ccc4nc(NC(=O)C5CC5)cn4n3)ccc2F)n1. The van der Waals surface area contributed by atoms with Crippen LogP contribution in [0.15, 0.2) is 48.8 Å². The molecule has 1 aliphatic rings. The van der Waals surface area contributed by atoms with Crippen LogP contribution in [0.4, 0.5) is 15.9 Å². The van der Waals surface area contributed by atoms with E-state index in [-0.39, 0.29) is 34.8 Å². The molecule has 5 rings (SSSR count). The molecule has 0 saturated heterocycles. The highest BCUT2D eigenvalue weighted by Crippen LogP contribution is 2.30. The van der Waals surface area contributed by atoms with E-state index in [9.17, 15) is 14.0 Å². The summed E-state index contributed by atoms with van der Waals surface area (Å²) in [6, 6.07) is 8.78. The van der Waals surface area contributed by atoms with Crippen LogP contribution >= 0.6 is 0 Å². The van der Waals surface area contributed by atoms with E-state index in [2.05, 4.69) is 25.8 Å². The zero-order valence-electron chi connectivity index (χ0n) is 16.9. The van der Waals surface area contributed by atoms with Crippen molar-refractivity contribution < 1.29 is 18.7 Å². The van der Waals surface area contributed by atoms with Gasteiger partial charge in [0.05, 0.1) is 11.9 Å². The molecule has 0 unspecified atom stereocenters. The van der Waals surface area contributed by atoms with Crippen LogP contribution in [0.1, 0.15) is 23.3 Å². The van der Waals surface area contributed by atoms with Crippen LogP contribution in [0.5, 0.6) is 11.6 Å². The molecule has 1 fully saturated rings. The van der Waals surface area contributed by atoms with Gasteiger partial charge in [-0.1, -0.05) is 0 Å². The predicted octanol–water partition coefficient (Wildman–Crippen LogP) is 3.00. The molecular weight excluding hydrogens is 417 g/mol. The number of hydrogen-bond donors (Lipinski definition) is 2. The molecule has 162 valence electrons. The Bertz CT molecular complexity index is 1340. The maximum atomic E-state index is 14.2. The number of nitrogens with zero attached hydrogens (tertiary/aromatic N) is 5. The molecule has 0 radical (unpaired) electrons. The number of rotatable bonds is 6. The van der Waals surface area contributed by atoms with Crippen LogP contribution in [-0.4, -0.2) is 36.2 Å². The van der Waals surface area contributed by atoms with Crippen molar-refractivity contribution in [3.63, 3.8) is 0 Å². The van der Waals surface area contributed by atoms with E-state index in [1.807, 2.05) is 0 Å². The second-order valence-electron chi connectivity index (χ2n) is 7.44. The molecule has 32 heavy (non-hydrogen) atoms. The second kappa shape index (κ2) is 7.76. The Balaban J connectivity index is 1.32. The summed E-state index contributed by atoms with van der Waals surface area (Å²) < 4.78 is 22.9. The first-order chi connectivity index (χ1) is 15.4. The van der Waals surface area contributed by atoms with Gasteiger partial charge in [-0.2, -0.15) is 5.10 Å². The Hall–Kier alpha value is -4.28. The maximum Gasteiger partial charge on any atom is 0.276 e. The van der Waals surface area contributed by atoms with E-state index in [1.54, 1.807) is 31.6 Å². The molecule has 1 aliphatic carbocycles. The lowest BCUT2D eigenvalue weighted by atomic mass is 10.2. The first-order valence-corrected chi connectivity index (χ1v) is 9.90. The van der Waals surface area contributed by atoms with Gasteiger partial charge in [0.25, 0.3) is 5.91 Å². The Morgan fingerprint density at radius 1 is 1.12 bits per heavy atom. The standard InChI is InChI=1S/C21H18FN7O3/c1-28-9-8-15(26-28)21(31)23-16-10-13(4-5-14(16)22)32-19-7-6-18-24-17(11-29(18)27-19)25-20(30)12-2-3-12/h4-12H,2-3H2,1H3,(H,23,31)(H,25,30). The number of imidazole rings is 1. The fourth-order valence-electron chi connectivity index (χ4n) is 3.06. The lowest BCUT2D eigenvalue weighted by Gasteiger charge is -2.09. The molecule has 0 spiro atoms. The molecule has 0 aliphatic heterocycles. The minimum atomic E-state index is -0.615. The number of anilines is 2. The van der Waals surface area contributed by atoms with Gasteiger partial charge in [0.1, 0.15) is 11.6 Å². The number of fused-ring (bicyclic) bond motifs is 1. The molecule has 11 heteroatoms. The number of benzene rings is 1. The minimum absolute atomic E-state index is 0.0449. The molecule has 4 aromatic rings. The summed E-state index contributed by atoms with van der Waals surface area (Å²) in [5.74, 6) is -0.224. The Morgan fingerprint density at radius 2 is 1.97 bits per heavy atom. The molecule has 0 atom stereocenters. The van der Waals surface area contributed by atoms with E-state index in [1.165, 1.54) is 33.5 Å². The lowest BCUT2D eigenvalue weighted by molar-refractivity contribution is -0.117. The fourth-order valence-corrected chi connectivity index (χ4v) is 3.06. The number of carbonyl (C=O) groups excluding carboxylic acids is 2. The van der Waals surface area contributed by atoms with Gasteiger partial charge in [-0.05, 0) is 37.1 Å². The van der Waals surface area contributed by atoms with Crippen LogP contribution in [0.25, 0.3) is 5.65 Å². The van der Waals surface area contributed by atoms with Gasteiger partial charge >= 0.3 is 0 Å². The van der Waals surface area contributed by atoms with Crippen LogP contribution in [0.3, 0.4) is 0 Å². The first kappa shape index (κ1) is 19.7. The third kappa shape index (κ3) is 4.13. The monoisotopic (exact) mass is 435 g/mol. The molecule has 3 aromatic heterocycles. The first-order valence-electron chi connectivity index (χ1n) is 9.90. The summed E-state index contributed by atoms with van der Waals surface area (Å²) in [5, 5.41) is 13.6. The maximum absolute atomic E-state index is 14.2. The normalized spacial score (nSPS) is 13.2. The minimum Gasteiger partial charge on any atom is -0.438 e. The smallest absolute Gasteiger partial charge is 0.276 e. The highest BCUT2D eigenvalue weighted by Gasteiger charge is 2.30. The van der Waals surface area contributed by atoms with Crippen molar-refractivity contribution >= 4 is 29.0 Å². The van der Waals surface area contributed by atoms with Gasteiger partial charge in [-0.15, -0.1) is 5.10 Å². The number of carbonyl (C=O) groups is 2. The molecule has 2 amide bonds. The Kier molecular flexibility index (Phi) is 4.77. The summed E-state index contributed by atoms with van der Waals surface area (Å²) in [6.45, 7) is 0. The summed E-state index contributed by atoms with van der Waals surface area (Å²) in [7, 11) is 1.68. The molecule has 3 heterocycles. The second-order valence-corrected chi connectivity index (χ2v) is 7.44. The highest BCUT2D eigenvalue weighted by molar-refractivity contribution is 6.03. The van der Waals surface area contributed by atoms with Crippen molar-refractivity contribution in [2.45, 2.75) is 12.8 Å². The Morgan fingerprint density at radius 3 is 2.72 bits per heavy atom. The van der Waals surface area contributed by atoms with Crippen LogP contribution < -0.4 is 15.4 Å². The molecular formula is C21H18FN7O3. The summed E-state index contributed by atoms with van der Waals surface area (Å²) >= 11 is 0. The third-order valence-electron chi connectivity index (χ3n) is 4.85. The van der Waals surface area contributed by atoms with Crippen molar-refractivity contribution in [3.8, 4) is 11.6 Å². The highest BCUT2D eigenvalue weighted by atomic mass is 19.1. The van der Waals surface area contributed by atoms with Crippen molar-refractivity contribution in [2.75, 3.05) is 10.6 Å². The van der Waals surface area contributed by atoms with Crippen LogP contribution in [0, 0.1) is 11.7 Å². The van der Waals surface area contributed by atoms with Crippen molar-refractivity contribution in [1.82, 2.24) is 24.4 Å². The predicted molar refractivity (Wildman–Crippen MR) is 112 cm³/mol. The van der Waals surface area contributed by atoms with Gasteiger partial charge < -0.3 is 15.4 Å². The molecule has 0 bridgehead atoms. The number of nitrogens with one attached hydrogen (secondary N) is 2. The summed E-state index contributed by atoms with van der Waals surface area (Å²) in [5.41, 5.74) is 0.646. The molecule has 2 N–H and O–H groups in total.